The summed E-state index contributed by atoms with van der Waals surface area (Å²) >= 11 is 5.87. The van der Waals surface area contributed by atoms with Crippen molar-refractivity contribution < 1.29 is 0 Å². The first-order chi connectivity index (χ1) is 7.26. The quantitative estimate of drug-likeness (QED) is 0.750. The molecule has 0 aliphatic rings. The highest BCUT2D eigenvalue weighted by Gasteiger charge is 2.09. The molecule has 0 amide bonds. The van der Waals surface area contributed by atoms with E-state index < -0.39 is 0 Å². The van der Waals surface area contributed by atoms with E-state index in [9.17, 15) is 0 Å². The summed E-state index contributed by atoms with van der Waals surface area (Å²) in [5, 5.41) is 0. The maximum atomic E-state index is 5.87. The first-order valence-electron chi connectivity index (χ1n) is 5.15. The predicted molar refractivity (Wildman–Crippen MR) is 62.1 cm³/mol. The zero-order valence-corrected chi connectivity index (χ0v) is 9.75. The SMILES string of the molecule is CCCn1c(CCl)nc2ccc(C)nc21. The molecule has 0 radical (unpaired) electrons. The number of pyridine rings is 1. The minimum Gasteiger partial charge on any atom is -0.312 e. The van der Waals surface area contributed by atoms with Gasteiger partial charge in [-0.15, -0.1) is 11.6 Å². The Balaban J connectivity index is 2.65. The number of halogens is 1. The maximum absolute atomic E-state index is 5.87. The second-order valence-corrected chi connectivity index (χ2v) is 3.88. The lowest BCUT2D eigenvalue weighted by Gasteiger charge is -2.04. The molecule has 3 nitrogen and oxygen atoms in total. The van der Waals surface area contributed by atoms with Gasteiger partial charge in [-0.3, -0.25) is 0 Å². The van der Waals surface area contributed by atoms with Gasteiger partial charge < -0.3 is 4.57 Å². The molecule has 0 spiro atoms. The summed E-state index contributed by atoms with van der Waals surface area (Å²) in [6.07, 6.45) is 1.06. The summed E-state index contributed by atoms with van der Waals surface area (Å²) in [5.74, 6) is 1.35. The van der Waals surface area contributed by atoms with Gasteiger partial charge in [-0.05, 0) is 25.5 Å². The van der Waals surface area contributed by atoms with E-state index in [0.717, 1.165) is 35.6 Å². The van der Waals surface area contributed by atoms with Crippen LogP contribution in [0.5, 0.6) is 0 Å². The number of aromatic nitrogens is 3. The molecule has 2 aromatic heterocycles. The highest BCUT2D eigenvalue weighted by atomic mass is 35.5. The average Bonchev–Trinajstić information content (AvgIpc) is 2.57. The number of aryl methyl sites for hydroxylation is 2. The fraction of sp³-hybridized carbons (Fsp3) is 0.455. The molecule has 2 heterocycles. The summed E-state index contributed by atoms with van der Waals surface area (Å²) in [6.45, 7) is 5.05. The molecule has 0 unspecified atom stereocenters. The Morgan fingerprint density at radius 1 is 1.33 bits per heavy atom. The second kappa shape index (κ2) is 4.19. The van der Waals surface area contributed by atoms with Crippen LogP contribution >= 0.6 is 11.6 Å². The van der Waals surface area contributed by atoms with Gasteiger partial charge in [0, 0.05) is 12.2 Å². The number of imidazole rings is 1. The van der Waals surface area contributed by atoms with Crippen LogP contribution < -0.4 is 0 Å². The van der Waals surface area contributed by atoms with Crippen molar-refractivity contribution in [3.8, 4) is 0 Å². The average molecular weight is 224 g/mol. The topological polar surface area (TPSA) is 30.7 Å². The minimum absolute atomic E-state index is 0.440. The molecule has 0 saturated carbocycles. The number of alkyl halides is 1. The van der Waals surface area contributed by atoms with Crippen molar-refractivity contribution in [2.24, 2.45) is 0 Å². The van der Waals surface area contributed by atoms with Gasteiger partial charge in [0.05, 0.1) is 5.88 Å². The first kappa shape index (κ1) is 10.4. The van der Waals surface area contributed by atoms with Crippen molar-refractivity contribution in [3.63, 3.8) is 0 Å². The predicted octanol–water partition coefficient (Wildman–Crippen LogP) is 2.89. The molecule has 2 rings (SSSR count). The van der Waals surface area contributed by atoms with Gasteiger partial charge in [-0.2, -0.15) is 0 Å². The molecule has 0 aromatic carbocycles. The van der Waals surface area contributed by atoms with Crippen LogP contribution in [-0.4, -0.2) is 14.5 Å². The minimum atomic E-state index is 0.440. The van der Waals surface area contributed by atoms with Crippen LogP contribution in [0.1, 0.15) is 24.9 Å². The van der Waals surface area contributed by atoms with Crippen LogP contribution in [0.3, 0.4) is 0 Å². The van der Waals surface area contributed by atoms with Gasteiger partial charge >= 0.3 is 0 Å². The van der Waals surface area contributed by atoms with E-state index in [0.29, 0.717) is 5.88 Å². The van der Waals surface area contributed by atoms with Crippen LogP contribution in [0, 0.1) is 6.92 Å². The van der Waals surface area contributed by atoms with Crippen LogP contribution in [0.2, 0.25) is 0 Å². The van der Waals surface area contributed by atoms with Crippen LogP contribution in [0.25, 0.3) is 11.2 Å². The molecule has 0 atom stereocenters. The summed E-state index contributed by atoms with van der Waals surface area (Å²) in [7, 11) is 0. The van der Waals surface area contributed by atoms with Crippen molar-refractivity contribution in [1.29, 1.82) is 0 Å². The number of hydrogen-bond donors (Lipinski definition) is 0. The maximum Gasteiger partial charge on any atom is 0.160 e. The molecule has 0 fully saturated rings. The molecular weight excluding hydrogens is 210 g/mol. The van der Waals surface area contributed by atoms with Gasteiger partial charge in [0.15, 0.2) is 5.65 Å². The summed E-state index contributed by atoms with van der Waals surface area (Å²) in [5.41, 5.74) is 2.90. The van der Waals surface area contributed by atoms with Crippen LogP contribution in [0.15, 0.2) is 12.1 Å². The Morgan fingerprint density at radius 3 is 2.80 bits per heavy atom. The van der Waals surface area contributed by atoms with Crippen molar-refractivity contribution in [2.45, 2.75) is 32.7 Å². The lowest BCUT2D eigenvalue weighted by molar-refractivity contribution is 0.666. The van der Waals surface area contributed by atoms with Crippen LogP contribution in [-0.2, 0) is 12.4 Å². The van der Waals surface area contributed by atoms with E-state index in [2.05, 4.69) is 21.5 Å². The lowest BCUT2D eigenvalue weighted by Crippen LogP contribution is -2.02. The first-order valence-corrected chi connectivity index (χ1v) is 5.68. The van der Waals surface area contributed by atoms with Gasteiger partial charge in [0.2, 0.25) is 0 Å². The molecule has 0 bridgehead atoms. The third-order valence-corrected chi connectivity index (χ3v) is 2.62. The molecule has 15 heavy (non-hydrogen) atoms. The fourth-order valence-corrected chi connectivity index (χ4v) is 1.91. The molecule has 0 aliphatic heterocycles. The summed E-state index contributed by atoms with van der Waals surface area (Å²) in [4.78, 5) is 8.96. The number of rotatable bonds is 3. The molecule has 4 heteroatoms. The van der Waals surface area contributed by atoms with Gasteiger partial charge in [-0.25, -0.2) is 9.97 Å². The van der Waals surface area contributed by atoms with Crippen molar-refractivity contribution in [2.75, 3.05) is 0 Å². The molecule has 0 saturated heterocycles. The van der Waals surface area contributed by atoms with Crippen LogP contribution in [0.4, 0.5) is 0 Å². The number of fused-ring (bicyclic) bond motifs is 1. The zero-order valence-electron chi connectivity index (χ0n) is 9.00. The Morgan fingerprint density at radius 2 is 2.13 bits per heavy atom. The van der Waals surface area contributed by atoms with Crippen molar-refractivity contribution >= 4 is 22.8 Å². The third kappa shape index (κ3) is 1.84. The van der Waals surface area contributed by atoms with Crippen molar-refractivity contribution in [1.82, 2.24) is 14.5 Å². The van der Waals surface area contributed by atoms with E-state index in [1.54, 1.807) is 0 Å². The van der Waals surface area contributed by atoms with E-state index in [1.807, 2.05) is 19.1 Å². The van der Waals surface area contributed by atoms with Gasteiger partial charge in [0.1, 0.15) is 11.3 Å². The molecule has 0 N–H and O–H groups in total. The van der Waals surface area contributed by atoms with Crippen molar-refractivity contribution in [3.05, 3.63) is 23.7 Å². The number of nitrogens with zero attached hydrogens (tertiary/aromatic N) is 3. The normalized spacial score (nSPS) is 11.1. The lowest BCUT2D eigenvalue weighted by atomic mass is 10.3. The Labute approximate surface area is 94.1 Å². The highest BCUT2D eigenvalue weighted by Crippen LogP contribution is 2.16. The highest BCUT2D eigenvalue weighted by molar-refractivity contribution is 6.16. The Kier molecular flexibility index (Phi) is 2.91. The molecule has 80 valence electrons. The van der Waals surface area contributed by atoms with E-state index in [1.165, 1.54) is 0 Å². The molecule has 0 aliphatic carbocycles. The zero-order chi connectivity index (χ0) is 10.8. The fourth-order valence-electron chi connectivity index (χ4n) is 1.70. The summed E-state index contributed by atoms with van der Waals surface area (Å²) in [6, 6.07) is 3.98. The second-order valence-electron chi connectivity index (χ2n) is 3.61. The Bertz CT molecular complexity index is 476. The van der Waals surface area contributed by atoms with E-state index in [-0.39, 0.29) is 0 Å². The smallest absolute Gasteiger partial charge is 0.160 e. The monoisotopic (exact) mass is 223 g/mol. The largest absolute Gasteiger partial charge is 0.312 e. The third-order valence-electron chi connectivity index (χ3n) is 2.38. The van der Waals surface area contributed by atoms with E-state index in [4.69, 9.17) is 11.6 Å². The van der Waals surface area contributed by atoms with Gasteiger partial charge in [0.25, 0.3) is 0 Å². The van der Waals surface area contributed by atoms with E-state index >= 15 is 0 Å². The van der Waals surface area contributed by atoms with Gasteiger partial charge in [-0.1, -0.05) is 6.92 Å². The summed E-state index contributed by atoms with van der Waals surface area (Å²) < 4.78 is 2.11. The molecular formula is C11H14ClN3. The molecule has 2 aromatic rings. The standard InChI is InChI=1S/C11H14ClN3/c1-3-6-15-10(7-12)14-9-5-4-8(2)13-11(9)15/h4-5H,3,6-7H2,1-2H3. The Hall–Kier alpha value is -1.09. The number of hydrogen-bond acceptors (Lipinski definition) is 2.